The van der Waals surface area contributed by atoms with E-state index in [1.807, 2.05) is 24.0 Å². The first-order valence-corrected chi connectivity index (χ1v) is 12.5. The van der Waals surface area contributed by atoms with Crippen LogP contribution in [0.1, 0.15) is 47.2 Å². The fourth-order valence-corrected chi connectivity index (χ4v) is 5.65. The first-order valence-electron chi connectivity index (χ1n) is 11.0. The average Bonchev–Trinajstić information content (AvgIpc) is 3.63. The molecule has 1 aliphatic heterocycles. The molecule has 170 valence electrons. The highest BCUT2D eigenvalue weighted by Crippen LogP contribution is 2.32. The van der Waals surface area contributed by atoms with Crippen molar-refractivity contribution in [2.24, 2.45) is 11.7 Å². The van der Waals surface area contributed by atoms with Crippen LogP contribution in [0.15, 0.2) is 53.4 Å². The minimum atomic E-state index is -3.54. The number of aryl methyl sites for hydroxylation is 1. The molecule has 2 fully saturated rings. The van der Waals surface area contributed by atoms with Crippen LogP contribution >= 0.6 is 0 Å². The Kier molecular flexibility index (Phi) is 6.35. The summed E-state index contributed by atoms with van der Waals surface area (Å²) < 4.78 is 27.4. The second kappa shape index (κ2) is 9.03. The second-order valence-electron chi connectivity index (χ2n) is 8.75. The summed E-state index contributed by atoms with van der Waals surface area (Å²) in [7, 11) is -3.54. The molecule has 0 spiro atoms. The maximum atomic E-state index is 13.3. The Hall–Kier alpha value is -2.71. The Morgan fingerprint density at radius 1 is 0.969 bits per heavy atom. The van der Waals surface area contributed by atoms with E-state index in [0.717, 1.165) is 24.0 Å². The number of piperidine rings is 1. The van der Waals surface area contributed by atoms with Gasteiger partial charge in [0.1, 0.15) is 0 Å². The summed E-state index contributed by atoms with van der Waals surface area (Å²) >= 11 is 0. The van der Waals surface area contributed by atoms with Crippen molar-refractivity contribution in [3.05, 3.63) is 65.2 Å². The molecule has 2 aromatic carbocycles. The predicted octanol–water partition coefficient (Wildman–Crippen LogP) is 2.69. The van der Waals surface area contributed by atoms with Gasteiger partial charge in [0, 0.05) is 37.2 Å². The van der Waals surface area contributed by atoms with E-state index < -0.39 is 15.9 Å². The van der Waals surface area contributed by atoms with Crippen LogP contribution in [0.25, 0.3) is 0 Å². The standard InChI is InChI=1S/C24H29N3O4S/c1-17-2-10-22(11-3-17)32(30,31)26-14-12-20(13-15-26)24(29)27(21-8-9-21)16-18-4-6-19(7-5-18)23(25)28/h2-7,10-11,20-21H,8-9,12-16H2,1H3,(H2,25,28). The lowest BCUT2D eigenvalue weighted by atomic mass is 9.96. The van der Waals surface area contributed by atoms with E-state index in [9.17, 15) is 18.0 Å². The molecule has 0 atom stereocenters. The van der Waals surface area contributed by atoms with Gasteiger partial charge in [-0.3, -0.25) is 9.59 Å². The molecule has 2 N–H and O–H groups in total. The van der Waals surface area contributed by atoms with Crippen LogP contribution in [0.3, 0.4) is 0 Å². The van der Waals surface area contributed by atoms with Crippen LogP contribution in [0.4, 0.5) is 0 Å². The Morgan fingerprint density at radius 3 is 2.09 bits per heavy atom. The number of benzene rings is 2. The van der Waals surface area contributed by atoms with Gasteiger partial charge in [-0.15, -0.1) is 0 Å². The van der Waals surface area contributed by atoms with Gasteiger partial charge in [-0.05, 0) is 62.4 Å². The number of carbonyl (C=O) groups excluding carboxylic acids is 2. The molecule has 2 aliphatic rings. The molecule has 0 radical (unpaired) electrons. The van der Waals surface area contributed by atoms with Crippen molar-refractivity contribution >= 4 is 21.8 Å². The molecule has 2 amide bonds. The highest BCUT2D eigenvalue weighted by Gasteiger charge is 2.38. The summed E-state index contributed by atoms with van der Waals surface area (Å²) in [6, 6.07) is 14.1. The smallest absolute Gasteiger partial charge is 0.248 e. The lowest BCUT2D eigenvalue weighted by Gasteiger charge is -2.34. The van der Waals surface area contributed by atoms with E-state index in [1.165, 1.54) is 4.31 Å². The SMILES string of the molecule is Cc1ccc(S(=O)(=O)N2CCC(C(=O)N(Cc3ccc(C(N)=O)cc3)C3CC3)CC2)cc1. The zero-order valence-electron chi connectivity index (χ0n) is 18.2. The van der Waals surface area contributed by atoms with E-state index in [1.54, 1.807) is 36.4 Å². The van der Waals surface area contributed by atoms with Gasteiger partial charge in [-0.2, -0.15) is 4.31 Å². The topological polar surface area (TPSA) is 101 Å². The summed E-state index contributed by atoms with van der Waals surface area (Å²) in [6.07, 6.45) is 3.03. The number of nitrogens with two attached hydrogens (primary N) is 1. The van der Waals surface area contributed by atoms with Crippen LogP contribution in [-0.2, 0) is 21.4 Å². The van der Waals surface area contributed by atoms with E-state index >= 15 is 0 Å². The molecule has 2 aromatic rings. The molecular weight excluding hydrogens is 426 g/mol. The number of rotatable bonds is 7. The zero-order chi connectivity index (χ0) is 22.9. The fourth-order valence-electron chi connectivity index (χ4n) is 4.18. The maximum Gasteiger partial charge on any atom is 0.248 e. The summed E-state index contributed by atoms with van der Waals surface area (Å²) in [5, 5.41) is 0. The van der Waals surface area contributed by atoms with Crippen molar-refractivity contribution in [3.8, 4) is 0 Å². The van der Waals surface area contributed by atoms with Crippen molar-refractivity contribution in [3.63, 3.8) is 0 Å². The van der Waals surface area contributed by atoms with Crippen LogP contribution in [0, 0.1) is 12.8 Å². The van der Waals surface area contributed by atoms with Gasteiger partial charge in [0.25, 0.3) is 0 Å². The van der Waals surface area contributed by atoms with Gasteiger partial charge in [-0.1, -0.05) is 29.8 Å². The molecule has 4 rings (SSSR count). The molecular formula is C24H29N3O4S. The normalized spacial score (nSPS) is 17.8. The molecule has 1 heterocycles. The van der Waals surface area contributed by atoms with Gasteiger partial charge in [0.2, 0.25) is 21.8 Å². The van der Waals surface area contributed by atoms with Crippen molar-refractivity contribution in [1.29, 1.82) is 0 Å². The minimum Gasteiger partial charge on any atom is -0.366 e. The maximum absolute atomic E-state index is 13.3. The Morgan fingerprint density at radius 2 is 1.56 bits per heavy atom. The summed E-state index contributed by atoms with van der Waals surface area (Å²) in [5.74, 6) is -0.553. The quantitative estimate of drug-likeness (QED) is 0.694. The third-order valence-corrected chi connectivity index (χ3v) is 8.24. The van der Waals surface area contributed by atoms with E-state index in [2.05, 4.69) is 0 Å². The third kappa shape index (κ3) is 4.86. The zero-order valence-corrected chi connectivity index (χ0v) is 19.1. The molecule has 1 saturated carbocycles. The largest absolute Gasteiger partial charge is 0.366 e. The van der Waals surface area contributed by atoms with Gasteiger partial charge < -0.3 is 10.6 Å². The average molecular weight is 456 g/mol. The van der Waals surface area contributed by atoms with E-state index in [0.29, 0.717) is 42.9 Å². The Bertz CT molecular complexity index is 1090. The second-order valence-corrected chi connectivity index (χ2v) is 10.7. The molecule has 0 bridgehead atoms. The number of nitrogens with zero attached hydrogens (tertiary/aromatic N) is 2. The third-order valence-electron chi connectivity index (χ3n) is 6.32. The Labute approximate surface area is 189 Å². The number of hydrogen-bond acceptors (Lipinski definition) is 4. The summed E-state index contributed by atoms with van der Waals surface area (Å²) in [4.78, 5) is 26.8. The molecule has 1 aliphatic carbocycles. The number of hydrogen-bond donors (Lipinski definition) is 1. The minimum absolute atomic E-state index is 0.0962. The van der Waals surface area contributed by atoms with Gasteiger partial charge in [0.05, 0.1) is 4.90 Å². The van der Waals surface area contributed by atoms with E-state index in [-0.39, 0.29) is 17.9 Å². The highest BCUT2D eigenvalue weighted by molar-refractivity contribution is 7.89. The van der Waals surface area contributed by atoms with Crippen molar-refractivity contribution in [1.82, 2.24) is 9.21 Å². The first-order chi connectivity index (χ1) is 15.3. The van der Waals surface area contributed by atoms with Gasteiger partial charge >= 0.3 is 0 Å². The molecule has 0 unspecified atom stereocenters. The van der Waals surface area contributed by atoms with Gasteiger partial charge in [-0.25, -0.2) is 8.42 Å². The number of primary amides is 1. The number of sulfonamides is 1. The van der Waals surface area contributed by atoms with Gasteiger partial charge in [0.15, 0.2) is 0 Å². The highest BCUT2D eigenvalue weighted by atomic mass is 32.2. The lowest BCUT2D eigenvalue weighted by Crippen LogP contribution is -2.44. The first kappa shape index (κ1) is 22.5. The molecule has 1 saturated heterocycles. The fraction of sp³-hybridized carbons (Fsp3) is 0.417. The molecule has 7 nitrogen and oxygen atoms in total. The van der Waals surface area contributed by atoms with Crippen molar-refractivity contribution in [2.75, 3.05) is 13.1 Å². The van der Waals surface area contributed by atoms with Crippen LogP contribution in [-0.4, -0.2) is 48.6 Å². The van der Waals surface area contributed by atoms with E-state index in [4.69, 9.17) is 5.73 Å². The van der Waals surface area contributed by atoms with Crippen LogP contribution in [0.2, 0.25) is 0 Å². The molecule has 8 heteroatoms. The van der Waals surface area contributed by atoms with Crippen LogP contribution in [0.5, 0.6) is 0 Å². The number of amides is 2. The Balaban J connectivity index is 1.40. The van der Waals surface area contributed by atoms with Crippen molar-refractivity contribution in [2.45, 2.75) is 50.1 Å². The predicted molar refractivity (Wildman–Crippen MR) is 121 cm³/mol. The lowest BCUT2D eigenvalue weighted by molar-refractivity contribution is -0.138. The van der Waals surface area contributed by atoms with Crippen molar-refractivity contribution < 1.29 is 18.0 Å². The monoisotopic (exact) mass is 455 g/mol. The summed E-state index contributed by atoms with van der Waals surface area (Å²) in [5.41, 5.74) is 7.71. The molecule has 32 heavy (non-hydrogen) atoms. The number of carbonyl (C=O) groups is 2. The van der Waals surface area contributed by atoms with Crippen LogP contribution < -0.4 is 5.73 Å². The summed E-state index contributed by atoms with van der Waals surface area (Å²) in [6.45, 7) is 3.10. The molecule has 0 aromatic heterocycles.